The number of H-pyrrole nitrogens is 1. The van der Waals surface area contributed by atoms with Crippen LogP contribution in [0.5, 0.6) is 11.5 Å². The number of nitrogens with one attached hydrogen (secondary N) is 2. The summed E-state index contributed by atoms with van der Waals surface area (Å²) >= 11 is 0. The molecule has 2 aromatic carbocycles. The minimum atomic E-state index is -0.669. The Hall–Kier alpha value is -3.62. The minimum absolute atomic E-state index is 0.0840. The van der Waals surface area contributed by atoms with Crippen molar-refractivity contribution < 1.29 is 23.5 Å². The van der Waals surface area contributed by atoms with Gasteiger partial charge in [0.15, 0.2) is 6.61 Å². The molecule has 2 aliphatic heterocycles. The molecule has 3 aromatic rings. The molecule has 3 heterocycles. The lowest BCUT2D eigenvalue weighted by atomic mass is 9.99. The number of hydrogen-bond donors (Lipinski definition) is 2. The summed E-state index contributed by atoms with van der Waals surface area (Å²) in [5.41, 5.74) is 1.16. The number of likely N-dealkylation sites (tertiary alicyclic amines) is 1. The monoisotopic (exact) mass is 396 g/mol. The lowest BCUT2D eigenvalue weighted by Crippen LogP contribution is -2.52. The van der Waals surface area contributed by atoms with Gasteiger partial charge in [0.05, 0.1) is 29.6 Å². The molecule has 2 amide bonds. The maximum Gasteiger partial charge on any atom is 0.262 e. The fraction of sp³-hybridized carbons (Fsp3) is 0.250. The van der Waals surface area contributed by atoms with Crippen molar-refractivity contribution in [3.05, 3.63) is 47.9 Å². The fourth-order valence-corrected chi connectivity index (χ4v) is 3.50. The zero-order chi connectivity index (χ0) is 20.0. The highest BCUT2D eigenvalue weighted by molar-refractivity contribution is 6.00. The Kier molecular flexibility index (Phi) is 4.08. The van der Waals surface area contributed by atoms with Crippen LogP contribution >= 0.6 is 0 Å². The molecule has 2 N–H and O–H groups in total. The van der Waals surface area contributed by atoms with Crippen molar-refractivity contribution >= 4 is 28.4 Å². The second kappa shape index (κ2) is 6.77. The van der Waals surface area contributed by atoms with E-state index in [0.29, 0.717) is 25.4 Å². The maximum absolute atomic E-state index is 14.3. The highest BCUT2D eigenvalue weighted by Gasteiger charge is 2.33. The van der Waals surface area contributed by atoms with Gasteiger partial charge < -0.3 is 19.7 Å². The van der Waals surface area contributed by atoms with Crippen LogP contribution in [0, 0.1) is 11.7 Å². The number of amides is 2. The van der Waals surface area contributed by atoms with Gasteiger partial charge in [0, 0.05) is 30.5 Å². The standard InChI is InChI=1S/C20H17FN4O4/c21-15-5-18-17(23-19(26)10-29-18)4-14(15)20(27)25-7-11(8-25)9-28-13-1-2-16-12(3-13)6-22-24-16/h1-6,11H,7-10H2,(H,22,24)(H,23,26). The van der Waals surface area contributed by atoms with Gasteiger partial charge in [-0.3, -0.25) is 14.7 Å². The Balaban J connectivity index is 1.20. The van der Waals surface area contributed by atoms with E-state index in [2.05, 4.69) is 15.5 Å². The lowest BCUT2D eigenvalue weighted by molar-refractivity contribution is -0.118. The molecule has 148 valence electrons. The molecule has 0 saturated carbocycles. The van der Waals surface area contributed by atoms with Crippen LogP contribution in [0.3, 0.4) is 0 Å². The molecule has 0 spiro atoms. The zero-order valence-electron chi connectivity index (χ0n) is 15.3. The van der Waals surface area contributed by atoms with Crippen molar-refractivity contribution in [3.8, 4) is 11.5 Å². The summed E-state index contributed by atoms with van der Waals surface area (Å²) in [5.74, 6) is -0.289. The molecule has 29 heavy (non-hydrogen) atoms. The van der Waals surface area contributed by atoms with E-state index in [9.17, 15) is 14.0 Å². The van der Waals surface area contributed by atoms with Crippen molar-refractivity contribution in [1.82, 2.24) is 15.1 Å². The number of nitrogens with zero attached hydrogens (tertiary/aromatic N) is 2. The quantitative estimate of drug-likeness (QED) is 0.705. The average molecular weight is 396 g/mol. The van der Waals surface area contributed by atoms with E-state index in [-0.39, 0.29) is 29.7 Å². The van der Waals surface area contributed by atoms with Gasteiger partial charge >= 0.3 is 0 Å². The Bertz CT molecular complexity index is 1120. The summed E-state index contributed by atoms with van der Waals surface area (Å²) in [7, 11) is 0. The first-order valence-electron chi connectivity index (χ1n) is 9.18. The molecule has 9 heteroatoms. The number of anilines is 1. The van der Waals surface area contributed by atoms with Crippen molar-refractivity contribution in [1.29, 1.82) is 0 Å². The van der Waals surface area contributed by atoms with Gasteiger partial charge in [-0.05, 0) is 24.3 Å². The van der Waals surface area contributed by atoms with Crippen LogP contribution in [0.2, 0.25) is 0 Å². The summed E-state index contributed by atoms with van der Waals surface area (Å²) in [5, 5.41) is 10.4. The van der Waals surface area contributed by atoms with E-state index in [1.165, 1.54) is 6.07 Å². The molecule has 5 rings (SSSR count). The first-order valence-corrected chi connectivity index (χ1v) is 9.18. The largest absolute Gasteiger partial charge is 0.493 e. The number of fused-ring (bicyclic) bond motifs is 2. The molecule has 1 fully saturated rings. The van der Waals surface area contributed by atoms with E-state index in [1.807, 2.05) is 18.2 Å². The molecule has 2 aliphatic rings. The van der Waals surface area contributed by atoms with Crippen molar-refractivity contribution in [2.45, 2.75) is 0 Å². The highest BCUT2D eigenvalue weighted by Crippen LogP contribution is 2.32. The summed E-state index contributed by atoms with van der Waals surface area (Å²) in [6, 6.07) is 8.12. The number of halogens is 1. The first-order chi connectivity index (χ1) is 14.1. The lowest BCUT2D eigenvalue weighted by Gasteiger charge is -2.39. The zero-order valence-corrected chi connectivity index (χ0v) is 15.3. The van der Waals surface area contributed by atoms with Crippen LogP contribution in [0.15, 0.2) is 36.5 Å². The molecular formula is C20H17FN4O4. The van der Waals surface area contributed by atoms with E-state index >= 15 is 0 Å². The predicted molar refractivity (Wildman–Crippen MR) is 102 cm³/mol. The number of carbonyl (C=O) groups is 2. The van der Waals surface area contributed by atoms with Crippen LogP contribution in [0.25, 0.3) is 10.9 Å². The van der Waals surface area contributed by atoms with Crippen molar-refractivity contribution in [2.75, 3.05) is 31.6 Å². The molecule has 0 bridgehead atoms. The predicted octanol–water partition coefficient (Wildman–Crippen LogP) is 2.18. The summed E-state index contributed by atoms with van der Waals surface area (Å²) in [6.45, 7) is 1.25. The second-order valence-electron chi connectivity index (χ2n) is 7.17. The van der Waals surface area contributed by atoms with Crippen molar-refractivity contribution in [3.63, 3.8) is 0 Å². The van der Waals surface area contributed by atoms with Crippen LogP contribution in [-0.4, -0.2) is 53.2 Å². The second-order valence-corrected chi connectivity index (χ2v) is 7.17. The van der Waals surface area contributed by atoms with Gasteiger partial charge in [-0.15, -0.1) is 0 Å². The third-order valence-electron chi connectivity index (χ3n) is 5.07. The molecular weight excluding hydrogens is 379 g/mol. The smallest absolute Gasteiger partial charge is 0.262 e. The molecule has 1 aromatic heterocycles. The van der Waals surface area contributed by atoms with Gasteiger partial charge in [-0.25, -0.2) is 4.39 Å². The molecule has 1 saturated heterocycles. The number of ether oxygens (including phenoxy) is 2. The normalized spacial score (nSPS) is 16.0. The van der Waals surface area contributed by atoms with E-state index in [0.717, 1.165) is 22.7 Å². The SMILES string of the molecule is O=C1COc2cc(F)c(C(=O)N3CC(COc4ccc5[nH]ncc5c4)C3)cc2N1. The Morgan fingerprint density at radius 1 is 1.31 bits per heavy atom. The number of benzene rings is 2. The van der Waals surface area contributed by atoms with Gasteiger partial charge in [-0.2, -0.15) is 5.10 Å². The van der Waals surface area contributed by atoms with Gasteiger partial charge in [0.25, 0.3) is 11.8 Å². The van der Waals surface area contributed by atoms with Crippen LogP contribution < -0.4 is 14.8 Å². The third-order valence-corrected chi connectivity index (χ3v) is 5.07. The average Bonchev–Trinajstić information content (AvgIpc) is 3.14. The molecule has 0 aliphatic carbocycles. The molecule has 0 atom stereocenters. The Labute approximate surface area is 164 Å². The highest BCUT2D eigenvalue weighted by atomic mass is 19.1. The number of aromatic nitrogens is 2. The number of hydrogen-bond acceptors (Lipinski definition) is 5. The first kappa shape index (κ1) is 17.5. The Morgan fingerprint density at radius 3 is 3.03 bits per heavy atom. The summed E-state index contributed by atoms with van der Waals surface area (Å²) in [4.78, 5) is 25.6. The molecule has 0 unspecified atom stereocenters. The minimum Gasteiger partial charge on any atom is -0.493 e. The molecule has 8 nitrogen and oxygen atoms in total. The molecule has 0 radical (unpaired) electrons. The third kappa shape index (κ3) is 3.24. The van der Waals surface area contributed by atoms with Crippen LogP contribution in [0.4, 0.5) is 10.1 Å². The van der Waals surface area contributed by atoms with Gasteiger partial charge in [-0.1, -0.05) is 0 Å². The van der Waals surface area contributed by atoms with Crippen molar-refractivity contribution in [2.24, 2.45) is 5.92 Å². The number of aromatic amines is 1. The van der Waals surface area contributed by atoms with E-state index in [4.69, 9.17) is 9.47 Å². The van der Waals surface area contributed by atoms with E-state index in [1.54, 1.807) is 11.1 Å². The van der Waals surface area contributed by atoms with Crippen LogP contribution in [-0.2, 0) is 4.79 Å². The number of carbonyl (C=O) groups excluding carboxylic acids is 2. The van der Waals surface area contributed by atoms with Gasteiger partial charge in [0.1, 0.15) is 17.3 Å². The maximum atomic E-state index is 14.3. The van der Waals surface area contributed by atoms with E-state index < -0.39 is 11.7 Å². The Morgan fingerprint density at radius 2 is 2.17 bits per heavy atom. The van der Waals surface area contributed by atoms with Gasteiger partial charge in [0.2, 0.25) is 0 Å². The topological polar surface area (TPSA) is 96.5 Å². The summed E-state index contributed by atoms with van der Waals surface area (Å²) < 4.78 is 25.3. The number of rotatable bonds is 4. The fourth-order valence-electron chi connectivity index (χ4n) is 3.50. The van der Waals surface area contributed by atoms with Crippen LogP contribution in [0.1, 0.15) is 10.4 Å². The summed E-state index contributed by atoms with van der Waals surface area (Å²) in [6.07, 6.45) is 1.73.